The lowest BCUT2D eigenvalue weighted by Crippen LogP contribution is -2.40. The van der Waals surface area contributed by atoms with Crippen molar-refractivity contribution >= 4 is 52.1 Å². The van der Waals surface area contributed by atoms with Gasteiger partial charge in [0.15, 0.2) is 0 Å². The molecule has 0 aliphatic carbocycles. The van der Waals surface area contributed by atoms with E-state index in [2.05, 4.69) is 52.3 Å². The van der Waals surface area contributed by atoms with Crippen molar-refractivity contribution in [1.82, 2.24) is 0 Å². The number of nitrogens with one attached hydrogen (secondary N) is 3. The molecule has 54 heavy (non-hydrogen) atoms. The summed E-state index contributed by atoms with van der Waals surface area (Å²) in [5.74, 6) is 0.231. The minimum Gasteiger partial charge on any atom is -0.380 e. The summed E-state index contributed by atoms with van der Waals surface area (Å²) in [5.41, 5.74) is 8.11. The van der Waals surface area contributed by atoms with Gasteiger partial charge in [-0.2, -0.15) is 0 Å². The highest BCUT2D eigenvalue weighted by atomic mass is 32.2. The van der Waals surface area contributed by atoms with Crippen LogP contribution in [0.5, 0.6) is 0 Å². The Kier molecular flexibility index (Phi) is 11.8. The van der Waals surface area contributed by atoms with Gasteiger partial charge in [-0.1, -0.05) is 146 Å². The van der Waals surface area contributed by atoms with Crippen LogP contribution in [0.4, 0.5) is 33.2 Å². The molecule has 3 N–H and O–H groups in total. The van der Waals surface area contributed by atoms with Gasteiger partial charge in [0.05, 0.1) is 17.1 Å². The Hall–Kier alpha value is -6.57. The average Bonchev–Trinajstić information content (AvgIpc) is 3.23. The number of urea groups is 1. The number of para-hydroxylation sites is 2. The van der Waals surface area contributed by atoms with Gasteiger partial charge in [0.25, 0.3) is 5.91 Å². The van der Waals surface area contributed by atoms with Gasteiger partial charge >= 0.3 is 6.03 Å². The molecule has 0 spiro atoms. The summed E-state index contributed by atoms with van der Waals surface area (Å²) in [4.78, 5) is 31.6. The molecule has 0 aliphatic heterocycles. The summed E-state index contributed by atoms with van der Waals surface area (Å²) < 4.78 is 0. The van der Waals surface area contributed by atoms with Crippen LogP contribution in [0.25, 0.3) is 0 Å². The SMILES string of the molecule is O=C(Nc1ccccc1)N(C(=O)c1ccccc1)c1cc(SCc2ccccc2)c(NCc2ccccc2)c(Cc2ccccc2)c1Nc1ccccc1. The van der Waals surface area contributed by atoms with Crippen molar-refractivity contribution in [3.8, 4) is 0 Å². The molecule has 7 aromatic carbocycles. The second-order valence-electron chi connectivity index (χ2n) is 12.7. The smallest absolute Gasteiger partial charge is 0.333 e. The van der Waals surface area contributed by atoms with Gasteiger partial charge in [-0.05, 0) is 59.2 Å². The van der Waals surface area contributed by atoms with Crippen molar-refractivity contribution < 1.29 is 9.59 Å². The molecule has 0 bridgehead atoms. The van der Waals surface area contributed by atoms with Crippen LogP contribution in [-0.4, -0.2) is 11.9 Å². The number of benzene rings is 7. The van der Waals surface area contributed by atoms with Crippen LogP contribution < -0.4 is 20.9 Å². The van der Waals surface area contributed by atoms with Crippen molar-refractivity contribution in [3.05, 3.63) is 216 Å². The van der Waals surface area contributed by atoms with Crippen molar-refractivity contribution in [3.63, 3.8) is 0 Å². The third-order valence-corrected chi connectivity index (χ3v) is 9.99. The zero-order valence-electron chi connectivity index (χ0n) is 29.7. The second kappa shape index (κ2) is 17.8. The molecule has 0 atom stereocenters. The topological polar surface area (TPSA) is 73.5 Å². The van der Waals surface area contributed by atoms with E-state index in [0.29, 0.717) is 41.3 Å². The van der Waals surface area contributed by atoms with E-state index in [1.807, 2.05) is 140 Å². The standard InChI is InChI=1S/C47H40N4O2S/c52-46(38-25-13-4-14-26-38)51(47(53)50-40-29-17-6-18-30-40)42-32-43(54-34-37-23-11-3-12-24-37)45(48-33-36-21-9-2-10-22-36)41(31-35-19-7-1-8-20-35)44(42)49-39-27-15-5-16-28-39/h1-30,32,48-49H,31,33-34H2,(H,50,53). The van der Waals surface area contributed by atoms with Crippen molar-refractivity contribution in [2.24, 2.45) is 0 Å². The number of hydrogen-bond acceptors (Lipinski definition) is 5. The fourth-order valence-corrected chi connectivity index (χ4v) is 7.26. The second-order valence-corrected chi connectivity index (χ2v) is 13.7. The summed E-state index contributed by atoms with van der Waals surface area (Å²) in [6.07, 6.45) is 0.521. The molecule has 0 aromatic heterocycles. The summed E-state index contributed by atoms with van der Waals surface area (Å²) >= 11 is 1.67. The summed E-state index contributed by atoms with van der Waals surface area (Å²) in [5, 5.41) is 10.5. The maximum atomic E-state index is 14.8. The fourth-order valence-electron chi connectivity index (χ4n) is 6.21. The lowest BCUT2D eigenvalue weighted by Gasteiger charge is -2.29. The molecule has 7 heteroatoms. The minimum atomic E-state index is -0.569. The fraction of sp³-hybridized carbons (Fsp3) is 0.0638. The van der Waals surface area contributed by atoms with Gasteiger partial charge < -0.3 is 16.0 Å². The normalized spacial score (nSPS) is 10.7. The Bertz CT molecular complexity index is 2270. The highest BCUT2D eigenvalue weighted by molar-refractivity contribution is 7.98. The molecular weight excluding hydrogens is 685 g/mol. The highest BCUT2D eigenvalue weighted by Crippen LogP contribution is 2.46. The molecule has 0 aliphatic rings. The van der Waals surface area contributed by atoms with Crippen molar-refractivity contribution in [2.45, 2.75) is 23.6 Å². The Balaban J connectivity index is 1.47. The Morgan fingerprint density at radius 2 is 1.04 bits per heavy atom. The number of rotatable bonds is 13. The molecule has 0 heterocycles. The number of carbonyl (C=O) groups is 2. The number of nitrogens with zero attached hydrogens (tertiary/aromatic N) is 1. The van der Waals surface area contributed by atoms with E-state index in [4.69, 9.17) is 0 Å². The summed E-state index contributed by atoms with van der Waals surface area (Å²) in [6.45, 7) is 0.576. The van der Waals surface area contributed by atoms with E-state index >= 15 is 0 Å². The van der Waals surface area contributed by atoms with Gasteiger partial charge in [0.1, 0.15) is 0 Å². The largest absolute Gasteiger partial charge is 0.380 e. The lowest BCUT2D eigenvalue weighted by molar-refractivity contribution is 0.0995. The number of carbonyl (C=O) groups excluding carboxylic acids is 2. The zero-order chi connectivity index (χ0) is 37.0. The molecular formula is C47H40N4O2S. The number of anilines is 5. The molecule has 6 nitrogen and oxygen atoms in total. The zero-order valence-corrected chi connectivity index (χ0v) is 30.5. The van der Waals surface area contributed by atoms with E-state index in [-0.39, 0.29) is 0 Å². The van der Waals surface area contributed by atoms with E-state index in [0.717, 1.165) is 38.5 Å². The Labute approximate surface area is 320 Å². The maximum Gasteiger partial charge on any atom is 0.333 e. The summed E-state index contributed by atoms with van der Waals surface area (Å²) in [7, 11) is 0. The summed E-state index contributed by atoms with van der Waals surface area (Å²) in [6, 6.07) is 60.3. The van der Waals surface area contributed by atoms with E-state index < -0.39 is 11.9 Å². The van der Waals surface area contributed by atoms with Crippen LogP contribution in [0.1, 0.15) is 32.6 Å². The van der Waals surface area contributed by atoms with Gasteiger partial charge in [-0.15, -0.1) is 11.8 Å². The first kappa shape index (κ1) is 35.8. The maximum absolute atomic E-state index is 14.8. The predicted molar refractivity (Wildman–Crippen MR) is 224 cm³/mol. The monoisotopic (exact) mass is 724 g/mol. The third kappa shape index (κ3) is 9.07. The van der Waals surface area contributed by atoms with Gasteiger partial charge in [0.2, 0.25) is 0 Å². The van der Waals surface area contributed by atoms with E-state index in [1.165, 1.54) is 4.90 Å². The van der Waals surface area contributed by atoms with Crippen molar-refractivity contribution in [2.75, 3.05) is 20.9 Å². The van der Waals surface area contributed by atoms with Crippen LogP contribution in [0, 0.1) is 0 Å². The lowest BCUT2D eigenvalue weighted by atomic mass is 9.98. The molecule has 3 amide bonds. The number of amides is 3. The van der Waals surface area contributed by atoms with Crippen LogP contribution in [0.15, 0.2) is 193 Å². The average molecular weight is 725 g/mol. The molecule has 0 saturated carbocycles. The third-order valence-electron chi connectivity index (χ3n) is 8.88. The van der Waals surface area contributed by atoms with Crippen LogP contribution in [0.2, 0.25) is 0 Å². The molecule has 7 rings (SSSR count). The van der Waals surface area contributed by atoms with Crippen molar-refractivity contribution in [1.29, 1.82) is 0 Å². The Morgan fingerprint density at radius 3 is 1.63 bits per heavy atom. The molecule has 0 saturated heterocycles. The first-order valence-corrected chi connectivity index (χ1v) is 18.9. The van der Waals surface area contributed by atoms with Gasteiger partial charge in [-0.3, -0.25) is 4.79 Å². The first-order valence-electron chi connectivity index (χ1n) is 17.9. The number of thioether (sulfide) groups is 1. The quantitative estimate of drug-likeness (QED) is 0.103. The molecule has 0 unspecified atom stereocenters. The van der Waals surface area contributed by atoms with E-state index in [9.17, 15) is 9.59 Å². The minimum absolute atomic E-state index is 0.390. The van der Waals surface area contributed by atoms with Gasteiger partial charge in [0, 0.05) is 46.1 Å². The molecule has 266 valence electrons. The van der Waals surface area contributed by atoms with Crippen LogP contribution in [0.3, 0.4) is 0 Å². The molecule has 0 radical (unpaired) electrons. The van der Waals surface area contributed by atoms with Crippen LogP contribution >= 0.6 is 11.8 Å². The van der Waals surface area contributed by atoms with Gasteiger partial charge in [-0.25, -0.2) is 9.69 Å². The predicted octanol–water partition coefficient (Wildman–Crippen LogP) is 11.8. The van der Waals surface area contributed by atoms with Crippen LogP contribution in [-0.2, 0) is 18.7 Å². The number of hydrogen-bond donors (Lipinski definition) is 3. The molecule has 7 aromatic rings. The first-order chi connectivity index (χ1) is 26.6. The van der Waals surface area contributed by atoms with E-state index in [1.54, 1.807) is 23.9 Å². The highest BCUT2D eigenvalue weighted by Gasteiger charge is 2.31. The number of imide groups is 1. The molecule has 0 fully saturated rings. The Morgan fingerprint density at radius 1 is 0.537 bits per heavy atom.